The molecule has 0 bridgehead atoms. The summed E-state index contributed by atoms with van der Waals surface area (Å²) in [7, 11) is 0. The van der Waals surface area contributed by atoms with Gasteiger partial charge in [-0.3, -0.25) is 0 Å². The van der Waals surface area contributed by atoms with Crippen molar-refractivity contribution < 1.29 is 9.59 Å². The third-order valence-electron chi connectivity index (χ3n) is 9.69. The number of hydrogen-bond donors (Lipinski definition) is 1. The highest BCUT2D eigenvalue weighted by Gasteiger charge is 2.28. The maximum Gasteiger partial charge on any atom is 0.129 e. The molecule has 0 radical (unpaired) electrons. The Morgan fingerprint density at radius 2 is 0.698 bits per heavy atom. The Hall–Kier alpha value is -1.48. The lowest BCUT2D eigenvalue weighted by molar-refractivity contribution is -0.117. The molecule has 1 aliphatic heterocycles. The van der Waals surface area contributed by atoms with Gasteiger partial charge in [-0.2, -0.15) is 0 Å². The fraction of sp³-hybridized carbons (Fsp3) is 0.800. The SMILES string of the molecule is CC(=O)CCCCCCCCCCCCCCC1NC(CCCCCCCCCCCCCCC(C)=O)c2ccccc21. The van der Waals surface area contributed by atoms with Crippen molar-refractivity contribution in [2.75, 3.05) is 0 Å². The predicted molar refractivity (Wildman–Crippen MR) is 186 cm³/mol. The van der Waals surface area contributed by atoms with Gasteiger partial charge in [-0.1, -0.05) is 166 Å². The molecule has 3 heteroatoms. The summed E-state index contributed by atoms with van der Waals surface area (Å²) in [5.41, 5.74) is 3.15. The van der Waals surface area contributed by atoms with Crippen molar-refractivity contribution in [3.05, 3.63) is 35.4 Å². The second kappa shape index (κ2) is 25.8. The molecule has 2 atom stereocenters. The van der Waals surface area contributed by atoms with Crippen LogP contribution in [0.2, 0.25) is 0 Å². The van der Waals surface area contributed by atoms with Gasteiger partial charge in [-0.25, -0.2) is 0 Å². The summed E-state index contributed by atoms with van der Waals surface area (Å²) in [5, 5.41) is 4.02. The maximum atomic E-state index is 11.0. The number of unbranched alkanes of at least 4 members (excludes halogenated alkanes) is 22. The molecule has 0 fully saturated rings. The molecular formula is C40H69NO2. The van der Waals surface area contributed by atoms with Crippen LogP contribution in [0.5, 0.6) is 0 Å². The van der Waals surface area contributed by atoms with Gasteiger partial charge in [0, 0.05) is 24.9 Å². The fourth-order valence-electron chi connectivity index (χ4n) is 7.03. The van der Waals surface area contributed by atoms with Gasteiger partial charge in [-0.15, -0.1) is 0 Å². The zero-order valence-corrected chi connectivity index (χ0v) is 28.6. The Morgan fingerprint density at radius 1 is 0.442 bits per heavy atom. The van der Waals surface area contributed by atoms with Crippen LogP contribution in [0.15, 0.2) is 24.3 Å². The molecule has 1 aromatic carbocycles. The number of rotatable bonds is 30. The largest absolute Gasteiger partial charge is 0.303 e. The number of hydrogen-bond acceptors (Lipinski definition) is 3. The van der Waals surface area contributed by atoms with Gasteiger partial charge in [0.15, 0.2) is 0 Å². The highest BCUT2D eigenvalue weighted by molar-refractivity contribution is 5.75. The molecular weight excluding hydrogens is 526 g/mol. The second-order valence-electron chi connectivity index (χ2n) is 13.9. The van der Waals surface area contributed by atoms with Crippen LogP contribution in [0.25, 0.3) is 0 Å². The van der Waals surface area contributed by atoms with Crippen LogP contribution in [0.1, 0.15) is 217 Å². The predicted octanol–water partition coefficient (Wildman–Crippen LogP) is 12.5. The molecule has 3 nitrogen and oxygen atoms in total. The normalized spacial score (nSPS) is 16.0. The topological polar surface area (TPSA) is 46.2 Å². The Bertz CT molecular complexity index is 767. The number of nitrogens with one attached hydrogen (secondary N) is 1. The number of benzene rings is 1. The van der Waals surface area contributed by atoms with E-state index in [9.17, 15) is 9.59 Å². The molecule has 43 heavy (non-hydrogen) atoms. The van der Waals surface area contributed by atoms with E-state index in [-0.39, 0.29) is 0 Å². The van der Waals surface area contributed by atoms with Crippen molar-refractivity contribution in [3.63, 3.8) is 0 Å². The quantitative estimate of drug-likeness (QED) is 0.0900. The van der Waals surface area contributed by atoms with Crippen LogP contribution in [0, 0.1) is 0 Å². The van der Waals surface area contributed by atoms with Crippen molar-refractivity contribution >= 4 is 11.6 Å². The molecule has 0 saturated heterocycles. The van der Waals surface area contributed by atoms with Gasteiger partial charge in [0.1, 0.15) is 11.6 Å². The molecule has 1 heterocycles. The molecule has 1 aliphatic rings. The third-order valence-corrected chi connectivity index (χ3v) is 9.69. The van der Waals surface area contributed by atoms with Gasteiger partial charge in [0.05, 0.1) is 0 Å². The summed E-state index contributed by atoms with van der Waals surface area (Å²) in [6, 6.07) is 10.3. The van der Waals surface area contributed by atoms with Crippen LogP contribution >= 0.6 is 0 Å². The lowest BCUT2D eigenvalue weighted by Gasteiger charge is -2.15. The fourth-order valence-corrected chi connectivity index (χ4v) is 7.03. The van der Waals surface area contributed by atoms with E-state index in [1.807, 2.05) is 0 Å². The molecule has 246 valence electrons. The Morgan fingerprint density at radius 3 is 0.977 bits per heavy atom. The van der Waals surface area contributed by atoms with Gasteiger partial charge >= 0.3 is 0 Å². The van der Waals surface area contributed by atoms with Crippen molar-refractivity contribution in [3.8, 4) is 0 Å². The first-order valence-electron chi connectivity index (χ1n) is 18.9. The van der Waals surface area contributed by atoms with Crippen molar-refractivity contribution in [2.45, 2.75) is 206 Å². The Balaban J connectivity index is 1.42. The summed E-state index contributed by atoms with van der Waals surface area (Å²) in [4.78, 5) is 22.0. The van der Waals surface area contributed by atoms with Crippen LogP contribution in [-0.4, -0.2) is 11.6 Å². The highest BCUT2D eigenvalue weighted by Crippen LogP contribution is 2.38. The summed E-state index contributed by atoms with van der Waals surface area (Å²) >= 11 is 0. The zero-order chi connectivity index (χ0) is 30.8. The lowest BCUT2D eigenvalue weighted by atomic mass is 9.96. The summed E-state index contributed by atoms with van der Waals surface area (Å²) in [6.07, 6.45) is 36.3. The molecule has 2 unspecified atom stereocenters. The molecule has 1 N–H and O–H groups in total. The van der Waals surface area contributed by atoms with Crippen LogP contribution in [0.3, 0.4) is 0 Å². The van der Waals surface area contributed by atoms with Crippen LogP contribution in [0.4, 0.5) is 0 Å². The zero-order valence-electron chi connectivity index (χ0n) is 28.6. The van der Waals surface area contributed by atoms with E-state index in [1.165, 1.54) is 154 Å². The molecule has 0 saturated carbocycles. The number of carbonyl (C=O) groups is 2. The second-order valence-corrected chi connectivity index (χ2v) is 13.9. The number of ketones is 2. The first kappa shape index (κ1) is 37.7. The molecule has 1 aromatic rings. The third kappa shape index (κ3) is 19.5. The first-order valence-corrected chi connectivity index (χ1v) is 18.9. The minimum absolute atomic E-state index is 0.341. The minimum atomic E-state index is 0.341. The first-order chi connectivity index (χ1) is 21.1. The lowest BCUT2D eigenvalue weighted by Crippen LogP contribution is -2.17. The number of fused-ring (bicyclic) bond motifs is 1. The molecule has 0 spiro atoms. The molecule has 0 amide bonds. The van der Waals surface area contributed by atoms with E-state index in [0.717, 1.165) is 25.7 Å². The van der Waals surface area contributed by atoms with E-state index in [1.54, 1.807) is 25.0 Å². The smallest absolute Gasteiger partial charge is 0.129 e. The Labute approximate surface area is 267 Å². The maximum absolute atomic E-state index is 11.0. The summed E-state index contributed by atoms with van der Waals surface area (Å²) < 4.78 is 0. The van der Waals surface area contributed by atoms with Crippen LogP contribution < -0.4 is 5.32 Å². The van der Waals surface area contributed by atoms with Gasteiger partial charge < -0.3 is 14.9 Å². The van der Waals surface area contributed by atoms with Crippen molar-refractivity contribution in [1.82, 2.24) is 5.32 Å². The average molecular weight is 596 g/mol. The van der Waals surface area contributed by atoms with E-state index >= 15 is 0 Å². The Kier molecular flexibility index (Phi) is 22.6. The van der Waals surface area contributed by atoms with Gasteiger partial charge in [0.25, 0.3) is 0 Å². The van der Waals surface area contributed by atoms with Crippen molar-refractivity contribution in [1.29, 1.82) is 0 Å². The minimum Gasteiger partial charge on any atom is -0.303 e. The highest BCUT2D eigenvalue weighted by atomic mass is 16.1. The van der Waals surface area contributed by atoms with E-state index in [4.69, 9.17) is 0 Å². The van der Waals surface area contributed by atoms with Gasteiger partial charge in [0.2, 0.25) is 0 Å². The summed E-state index contributed by atoms with van der Waals surface area (Å²) in [5.74, 6) is 0.683. The standard InChI is InChI=1S/C40H69NO2/c1-35(42)29-23-19-15-11-7-3-5-9-13-17-21-25-33-39-37-31-27-28-32-38(37)40(41-39)34-26-22-18-14-10-6-4-8-12-16-20-24-30-36(2)43/h27-28,31-32,39-41H,3-26,29-30,33-34H2,1-2H3. The number of Topliss-reactive ketones (excluding diaryl/α,β-unsaturated/α-hetero) is 2. The van der Waals surface area contributed by atoms with Gasteiger partial charge in [-0.05, 0) is 50.7 Å². The molecule has 2 rings (SSSR count). The monoisotopic (exact) mass is 596 g/mol. The van der Waals surface area contributed by atoms with E-state index in [2.05, 4.69) is 29.6 Å². The van der Waals surface area contributed by atoms with E-state index < -0.39 is 0 Å². The molecule has 0 aromatic heterocycles. The molecule has 0 aliphatic carbocycles. The van der Waals surface area contributed by atoms with Crippen LogP contribution in [-0.2, 0) is 9.59 Å². The number of carbonyl (C=O) groups excluding carboxylic acids is 2. The van der Waals surface area contributed by atoms with E-state index in [0.29, 0.717) is 23.7 Å². The summed E-state index contributed by atoms with van der Waals surface area (Å²) in [6.45, 7) is 3.41. The average Bonchev–Trinajstić information content (AvgIpc) is 3.34. The van der Waals surface area contributed by atoms with Crippen molar-refractivity contribution in [2.24, 2.45) is 0 Å².